The first-order valence-electron chi connectivity index (χ1n) is 5.62. The fourth-order valence-electron chi connectivity index (χ4n) is 1.33. The standard InChI is InChI=1S/C12H13BrF3NO2/c13-7-1-2-8-17-11(18)9-3-5-10(6-4-9)19-12(14,15)16/h3-6H,1-2,7-8H2,(H,17,18). The Bertz CT molecular complexity index is 406. The number of amides is 1. The van der Waals surface area contributed by atoms with E-state index in [0.29, 0.717) is 12.1 Å². The molecule has 19 heavy (non-hydrogen) atoms. The van der Waals surface area contributed by atoms with Gasteiger partial charge in [-0.05, 0) is 37.1 Å². The summed E-state index contributed by atoms with van der Waals surface area (Å²) in [5, 5.41) is 3.55. The van der Waals surface area contributed by atoms with E-state index in [9.17, 15) is 18.0 Å². The summed E-state index contributed by atoms with van der Waals surface area (Å²) in [7, 11) is 0. The molecule has 0 aromatic heterocycles. The van der Waals surface area contributed by atoms with E-state index in [-0.39, 0.29) is 11.7 Å². The first-order chi connectivity index (χ1) is 8.92. The van der Waals surface area contributed by atoms with Crippen molar-refractivity contribution in [3.05, 3.63) is 29.8 Å². The molecule has 0 saturated heterocycles. The topological polar surface area (TPSA) is 38.3 Å². The average molecular weight is 340 g/mol. The summed E-state index contributed by atoms with van der Waals surface area (Å²) < 4.78 is 39.5. The van der Waals surface area contributed by atoms with Gasteiger partial charge in [0.2, 0.25) is 0 Å². The Labute approximate surface area is 117 Å². The smallest absolute Gasteiger partial charge is 0.406 e. The van der Waals surface area contributed by atoms with Gasteiger partial charge in [0.15, 0.2) is 0 Å². The quantitative estimate of drug-likeness (QED) is 0.636. The van der Waals surface area contributed by atoms with Crippen LogP contribution in [0.4, 0.5) is 13.2 Å². The molecule has 7 heteroatoms. The van der Waals surface area contributed by atoms with Crippen molar-refractivity contribution in [2.24, 2.45) is 0 Å². The minimum Gasteiger partial charge on any atom is -0.406 e. The Morgan fingerprint density at radius 3 is 2.37 bits per heavy atom. The van der Waals surface area contributed by atoms with E-state index < -0.39 is 6.36 Å². The molecule has 1 N–H and O–H groups in total. The normalized spacial score (nSPS) is 11.2. The van der Waals surface area contributed by atoms with Gasteiger partial charge in [0.05, 0.1) is 0 Å². The zero-order chi connectivity index (χ0) is 14.3. The van der Waals surface area contributed by atoms with E-state index in [1.807, 2.05) is 0 Å². The minimum atomic E-state index is -4.72. The van der Waals surface area contributed by atoms with Crippen LogP contribution < -0.4 is 10.1 Å². The van der Waals surface area contributed by atoms with E-state index in [1.54, 1.807) is 0 Å². The lowest BCUT2D eigenvalue weighted by Gasteiger charge is -2.09. The molecule has 0 unspecified atom stereocenters. The maximum absolute atomic E-state index is 11.9. The highest BCUT2D eigenvalue weighted by Crippen LogP contribution is 2.22. The fraction of sp³-hybridized carbons (Fsp3) is 0.417. The molecule has 106 valence electrons. The number of benzene rings is 1. The number of unbranched alkanes of at least 4 members (excludes halogenated alkanes) is 1. The van der Waals surface area contributed by atoms with Gasteiger partial charge in [0.1, 0.15) is 5.75 Å². The Kier molecular flexibility index (Phi) is 6.14. The highest BCUT2D eigenvalue weighted by molar-refractivity contribution is 9.09. The summed E-state index contributed by atoms with van der Waals surface area (Å²) >= 11 is 3.27. The number of hydrogen-bond acceptors (Lipinski definition) is 2. The van der Waals surface area contributed by atoms with Gasteiger partial charge < -0.3 is 10.1 Å². The largest absolute Gasteiger partial charge is 0.573 e. The number of carbonyl (C=O) groups excluding carboxylic acids is 1. The number of nitrogens with one attached hydrogen (secondary N) is 1. The van der Waals surface area contributed by atoms with E-state index in [2.05, 4.69) is 26.0 Å². The highest BCUT2D eigenvalue weighted by atomic mass is 79.9. The van der Waals surface area contributed by atoms with Crippen LogP contribution in [0.2, 0.25) is 0 Å². The number of ether oxygens (including phenoxy) is 1. The van der Waals surface area contributed by atoms with Gasteiger partial charge in [-0.15, -0.1) is 13.2 Å². The lowest BCUT2D eigenvalue weighted by atomic mass is 10.2. The summed E-state index contributed by atoms with van der Waals surface area (Å²) in [6, 6.07) is 4.81. The Hall–Kier alpha value is -1.24. The summed E-state index contributed by atoms with van der Waals surface area (Å²) in [6.45, 7) is 0.533. The fourth-order valence-corrected chi connectivity index (χ4v) is 1.73. The van der Waals surface area contributed by atoms with Crippen LogP contribution in [-0.2, 0) is 0 Å². The molecule has 0 spiro atoms. The molecule has 0 aliphatic heterocycles. The average Bonchev–Trinajstić information content (AvgIpc) is 2.33. The number of rotatable bonds is 6. The molecule has 0 bridgehead atoms. The molecule has 3 nitrogen and oxygen atoms in total. The van der Waals surface area contributed by atoms with Gasteiger partial charge in [-0.3, -0.25) is 4.79 Å². The molecular formula is C12H13BrF3NO2. The molecule has 0 heterocycles. The molecule has 0 saturated carbocycles. The second-order valence-electron chi connectivity index (χ2n) is 3.72. The van der Waals surface area contributed by atoms with Gasteiger partial charge in [-0.2, -0.15) is 0 Å². The molecule has 0 atom stereocenters. The highest BCUT2D eigenvalue weighted by Gasteiger charge is 2.31. The molecule has 1 amide bonds. The van der Waals surface area contributed by atoms with E-state index in [4.69, 9.17) is 0 Å². The van der Waals surface area contributed by atoms with Crippen molar-refractivity contribution < 1.29 is 22.7 Å². The SMILES string of the molecule is O=C(NCCCCBr)c1ccc(OC(F)(F)F)cc1. The summed E-state index contributed by atoms with van der Waals surface area (Å²) in [4.78, 5) is 11.6. The Morgan fingerprint density at radius 2 is 1.84 bits per heavy atom. The summed E-state index contributed by atoms with van der Waals surface area (Å²) in [5.41, 5.74) is 0.299. The molecule has 1 aromatic carbocycles. The molecular weight excluding hydrogens is 327 g/mol. The molecule has 0 fully saturated rings. The second kappa shape index (κ2) is 7.37. The van der Waals surface area contributed by atoms with Crippen LogP contribution in [0.25, 0.3) is 0 Å². The van der Waals surface area contributed by atoms with Crippen LogP contribution >= 0.6 is 15.9 Å². The zero-order valence-corrected chi connectivity index (χ0v) is 11.6. The molecule has 0 radical (unpaired) electrons. The third kappa shape index (κ3) is 6.47. The van der Waals surface area contributed by atoms with Crippen LogP contribution in [0.15, 0.2) is 24.3 Å². The predicted molar refractivity (Wildman–Crippen MR) is 68.5 cm³/mol. The van der Waals surface area contributed by atoms with Crippen molar-refractivity contribution in [3.63, 3.8) is 0 Å². The van der Waals surface area contributed by atoms with Crippen molar-refractivity contribution in [3.8, 4) is 5.75 Å². The van der Waals surface area contributed by atoms with Crippen LogP contribution in [-0.4, -0.2) is 24.1 Å². The van der Waals surface area contributed by atoms with Crippen LogP contribution in [0.3, 0.4) is 0 Å². The zero-order valence-electron chi connectivity index (χ0n) is 9.97. The third-order valence-corrected chi connectivity index (χ3v) is 2.76. The van der Waals surface area contributed by atoms with Crippen LogP contribution in [0, 0.1) is 0 Å². The van der Waals surface area contributed by atoms with Gasteiger partial charge in [-0.25, -0.2) is 0 Å². The van der Waals surface area contributed by atoms with E-state index >= 15 is 0 Å². The van der Waals surface area contributed by atoms with Gasteiger partial charge in [-0.1, -0.05) is 15.9 Å². The van der Waals surface area contributed by atoms with Gasteiger partial charge in [0, 0.05) is 17.4 Å². The first-order valence-corrected chi connectivity index (χ1v) is 6.74. The maximum Gasteiger partial charge on any atom is 0.573 e. The number of carbonyl (C=O) groups is 1. The van der Waals surface area contributed by atoms with Crippen molar-refractivity contribution >= 4 is 21.8 Å². The van der Waals surface area contributed by atoms with Gasteiger partial charge in [0.25, 0.3) is 5.91 Å². The monoisotopic (exact) mass is 339 g/mol. The van der Waals surface area contributed by atoms with Crippen LogP contribution in [0.5, 0.6) is 5.75 Å². The van der Waals surface area contributed by atoms with Crippen molar-refractivity contribution in [2.45, 2.75) is 19.2 Å². The molecule has 0 aliphatic rings. The summed E-state index contributed by atoms with van der Waals surface area (Å²) in [6.07, 6.45) is -2.94. The molecule has 0 aliphatic carbocycles. The lowest BCUT2D eigenvalue weighted by molar-refractivity contribution is -0.274. The lowest BCUT2D eigenvalue weighted by Crippen LogP contribution is -2.24. The van der Waals surface area contributed by atoms with Gasteiger partial charge >= 0.3 is 6.36 Å². The molecule has 1 rings (SSSR count). The third-order valence-electron chi connectivity index (χ3n) is 2.20. The first kappa shape index (κ1) is 15.8. The minimum absolute atomic E-state index is 0.299. The van der Waals surface area contributed by atoms with Crippen molar-refractivity contribution in [2.75, 3.05) is 11.9 Å². The van der Waals surface area contributed by atoms with Crippen molar-refractivity contribution in [1.29, 1.82) is 0 Å². The Morgan fingerprint density at radius 1 is 1.21 bits per heavy atom. The Balaban J connectivity index is 2.49. The summed E-state index contributed by atoms with van der Waals surface area (Å²) in [5.74, 6) is -0.656. The van der Waals surface area contributed by atoms with Crippen molar-refractivity contribution in [1.82, 2.24) is 5.32 Å². The number of hydrogen-bond donors (Lipinski definition) is 1. The second-order valence-corrected chi connectivity index (χ2v) is 4.52. The van der Waals surface area contributed by atoms with E-state index in [0.717, 1.165) is 30.3 Å². The number of alkyl halides is 4. The molecule has 1 aromatic rings. The number of halogens is 4. The predicted octanol–water partition coefficient (Wildman–Crippen LogP) is 3.49. The van der Waals surface area contributed by atoms with E-state index in [1.165, 1.54) is 12.1 Å². The van der Waals surface area contributed by atoms with Crippen LogP contribution in [0.1, 0.15) is 23.2 Å². The maximum atomic E-state index is 11.9.